The Morgan fingerprint density at radius 1 is 1.16 bits per heavy atom. The van der Waals surface area contributed by atoms with Crippen molar-refractivity contribution in [3.05, 3.63) is 35.6 Å². The molecule has 0 unspecified atom stereocenters. The molecule has 1 fully saturated rings. The molecule has 0 bridgehead atoms. The molecule has 1 aromatic carbocycles. The van der Waals surface area contributed by atoms with Crippen molar-refractivity contribution in [1.29, 1.82) is 0 Å². The molecule has 6 heteroatoms. The summed E-state index contributed by atoms with van der Waals surface area (Å²) in [4.78, 5) is 0. The monoisotopic (exact) mass is 287 g/mol. The van der Waals surface area contributed by atoms with Crippen molar-refractivity contribution >= 4 is 10.0 Å². The van der Waals surface area contributed by atoms with Crippen LogP contribution in [0.3, 0.4) is 0 Å². The highest BCUT2D eigenvalue weighted by atomic mass is 32.2. The summed E-state index contributed by atoms with van der Waals surface area (Å²) in [5.41, 5.74) is 0.560. The number of nitrogens with one attached hydrogen (secondary N) is 1. The quantitative estimate of drug-likeness (QED) is 0.883. The molecule has 19 heavy (non-hydrogen) atoms. The first-order valence-corrected chi connectivity index (χ1v) is 8.02. The van der Waals surface area contributed by atoms with Crippen molar-refractivity contribution in [2.75, 3.05) is 0 Å². The Morgan fingerprint density at radius 2 is 1.74 bits per heavy atom. The summed E-state index contributed by atoms with van der Waals surface area (Å²) in [6.45, 7) is 0. The van der Waals surface area contributed by atoms with E-state index < -0.39 is 10.0 Å². The van der Waals surface area contributed by atoms with Crippen molar-refractivity contribution < 1.29 is 17.9 Å². The topological polar surface area (TPSA) is 66.4 Å². The third-order valence-electron chi connectivity index (χ3n) is 3.31. The van der Waals surface area contributed by atoms with Gasteiger partial charge in [0, 0.05) is 6.04 Å². The molecular weight excluding hydrogens is 269 g/mol. The molecule has 1 aliphatic carbocycles. The van der Waals surface area contributed by atoms with E-state index in [2.05, 4.69) is 4.72 Å². The number of aliphatic hydroxyl groups is 1. The maximum absolute atomic E-state index is 12.7. The largest absolute Gasteiger partial charge is 0.393 e. The number of rotatable bonds is 4. The van der Waals surface area contributed by atoms with Crippen molar-refractivity contribution in [1.82, 2.24) is 4.72 Å². The predicted molar refractivity (Wildman–Crippen MR) is 70.4 cm³/mol. The highest BCUT2D eigenvalue weighted by Crippen LogP contribution is 2.19. The summed E-state index contributed by atoms with van der Waals surface area (Å²) in [5.74, 6) is -0.526. The molecule has 0 atom stereocenters. The number of sulfonamides is 1. The Kier molecular flexibility index (Phi) is 4.54. The van der Waals surface area contributed by atoms with E-state index in [1.165, 1.54) is 24.3 Å². The van der Waals surface area contributed by atoms with Crippen molar-refractivity contribution in [2.45, 2.75) is 43.6 Å². The van der Waals surface area contributed by atoms with Crippen LogP contribution in [0.4, 0.5) is 4.39 Å². The summed E-state index contributed by atoms with van der Waals surface area (Å²) in [6, 6.07) is 5.34. The van der Waals surface area contributed by atoms with Crippen LogP contribution >= 0.6 is 0 Å². The fourth-order valence-electron chi connectivity index (χ4n) is 2.29. The van der Waals surface area contributed by atoms with Crippen LogP contribution in [0.15, 0.2) is 24.3 Å². The predicted octanol–water partition coefficient (Wildman–Crippen LogP) is 1.55. The van der Waals surface area contributed by atoms with Gasteiger partial charge in [0.05, 0.1) is 11.9 Å². The van der Waals surface area contributed by atoms with Gasteiger partial charge in [-0.2, -0.15) is 0 Å². The summed E-state index contributed by atoms with van der Waals surface area (Å²) in [7, 11) is -3.42. The van der Waals surface area contributed by atoms with Gasteiger partial charge in [0.25, 0.3) is 0 Å². The Hall–Kier alpha value is -0.980. The van der Waals surface area contributed by atoms with E-state index in [-0.39, 0.29) is 23.7 Å². The Morgan fingerprint density at radius 3 is 2.32 bits per heavy atom. The average Bonchev–Trinajstić information content (AvgIpc) is 2.34. The number of hydrogen-bond acceptors (Lipinski definition) is 3. The van der Waals surface area contributed by atoms with Crippen LogP contribution in [-0.2, 0) is 15.8 Å². The fraction of sp³-hybridized carbons (Fsp3) is 0.538. The summed E-state index contributed by atoms with van der Waals surface area (Å²) >= 11 is 0. The molecule has 0 aliphatic heterocycles. The number of aliphatic hydroxyl groups excluding tert-OH is 1. The van der Waals surface area contributed by atoms with Crippen LogP contribution in [0, 0.1) is 5.82 Å². The van der Waals surface area contributed by atoms with Crippen LogP contribution in [-0.4, -0.2) is 25.7 Å². The maximum Gasteiger partial charge on any atom is 0.216 e. The molecular formula is C13H18FNO3S. The van der Waals surface area contributed by atoms with Gasteiger partial charge in [0.1, 0.15) is 5.82 Å². The van der Waals surface area contributed by atoms with Gasteiger partial charge in [-0.3, -0.25) is 0 Å². The molecule has 0 heterocycles. The number of halogens is 1. The Bertz CT molecular complexity index is 507. The first-order valence-electron chi connectivity index (χ1n) is 6.37. The van der Waals surface area contributed by atoms with Gasteiger partial charge >= 0.3 is 0 Å². The number of benzene rings is 1. The Balaban J connectivity index is 1.93. The smallest absolute Gasteiger partial charge is 0.216 e. The SMILES string of the molecule is O=S(=O)(Cc1ccc(F)cc1)NC1CCC(O)CC1. The summed E-state index contributed by atoms with van der Waals surface area (Å²) in [6.07, 6.45) is 2.26. The van der Waals surface area contributed by atoms with Gasteiger partial charge in [-0.15, -0.1) is 0 Å². The molecule has 0 saturated heterocycles. The maximum atomic E-state index is 12.7. The zero-order valence-corrected chi connectivity index (χ0v) is 11.4. The fourth-order valence-corrected chi connectivity index (χ4v) is 3.75. The molecule has 4 nitrogen and oxygen atoms in total. The van der Waals surface area contributed by atoms with E-state index in [9.17, 15) is 17.9 Å². The highest BCUT2D eigenvalue weighted by Gasteiger charge is 2.23. The minimum absolute atomic E-state index is 0.103. The number of hydrogen-bond donors (Lipinski definition) is 2. The van der Waals surface area contributed by atoms with Crippen molar-refractivity contribution in [2.24, 2.45) is 0 Å². The van der Waals surface area contributed by atoms with Gasteiger partial charge < -0.3 is 5.11 Å². The second kappa shape index (κ2) is 5.98. The zero-order chi connectivity index (χ0) is 13.9. The van der Waals surface area contributed by atoms with E-state index in [0.29, 0.717) is 31.2 Å². The third kappa shape index (κ3) is 4.56. The average molecular weight is 287 g/mol. The van der Waals surface area contributed by atoms with Gasteiger partial charge in [0.15, 0.2) is 0 Å². The molecule has 2 rings (SSSR count). The second-order valence-electron chi connectivity index (χ2n) is 5.01. The van der Waals surface area contributed by atoms with E-state index in [0.717, 1.165) is 0 Å². The lowest BCUT2D eigenvalue weighted by Gasteiger charge is -2.25. The molecule has 1 aliphatic rings. The van der Waals surface area contributed by atoms with Gasteiger partial charge in [-0.1, -0.05) is 12.1 Å². The van der Waals surface area contributed by atoms with Gasteiger partial charge in [0.2, 0.25) is 10.0 Å². The van der Waals surface area contributed by atoms with Crippen LogP contribution in [0.2, 0.25) is 0 Å². The van der Waals surface area contributed by atoms with Gasteiger partial charge in [-0.05, 0) is 43.4 Å². The van der Waals surface area contributed by atoms with Crippen LogP contribution < -0.4 is 4.72 Å². The van der Waals surface area contributed by atoms with Crippen LogP contribution in [0.25, 0.3) is 0 Å². The molecule has 0 aromatic heterocycles. The first kappa shape index (κ1) is 14.4. The van der Waals surface area contributed by atoms with E-state index in [1.54, 1.807) is 0 Å². The Labute approximate surface area is 112 Å². The van der Waals surface area contributed by atoms with E-state index in [1.807, 2.05) is 0 Å². The summed E-state index contributed by atoms with van der Waals surface area (Å²) < 4.78 is 39.3. The minimum Gasteiger partial charge on any atom is -0.393 e. The lowest BCUT2D eigenvalue weighted by atomic mass is 9.94. The third-order valence-corrected chi connectivity index (χ3v) is 4.72. The molecule has 1 saturated carbocycles. The summed E-state index contributed by atoms with van der Waals surface area (Å²) in [5, 5.41) is 9.37. The standard InChI is InChI=1S/C13H18FNO3S/c14-11-3-1-10(2-4-11)9-19(17,18)15-12-5-7-13(16)8-6-12/h1-4,12-13,15-16H,5-9H2. The molecule has 1 aromatic rings. The lowest BCUT2D eigenvalue weighted by Crippen LogP contribution is -2.39. The molecule has 2 N–H and O–H groups in total. The van der Waals surface area contributed by atoms with Crippen molar-refractivity contribution in [3.8, 4) is 0 Å². The minimum atomic E-state index is -3.42. The zero-order valence-electron chi connectivity index (χ0n) is 10.5. The second-order valence-corrected chi connectivity index (χ2v) is 6.76. The lowest BCUT2D eigenvalue weighted by molar-refractivity contribution is 0.120. The first-order chi connectivity index (χ1) is 8.94. The molecule has 0 amide bonds. The molecule has 0 spiro atoms. The van der Waals surface area contributed by atoms with E-state index >= 15 is 0 Å². The van der Waals surface area contributed by atoms with Crippen molar-refractivity contribution in [3.63, 3.8) is 0 Å². The van der Waals surface area contributed by atoms with Gasteiger partial charge in [-0.25, -0.2) is 17.5 Å². The highest BCUT2D eigenvalue weighted by molar-refractivity contribution is 7.88. The normalized spacial score (nSPS) is 24.3. The van der Waals surface area contributed by atoms with E-state index in [4.69, 9.17) is 0 Å². The molecule has 0 radical (unpaired) electrons. The van der Waals surface area contributed by atoms with Crippen LogP contribution in [0.5, 0.6) is 0 Å². The van der Waals surface area contributed by atoms with Crippen LogP contribution in [0.1, 0.15) is 31.2 Å². The molecule has 106 valence electrons.